The second kappa shape index (κ2) is 6.05. The number of fused-ring (bicyclic) bond motifs is 1. The molecular formula is C18H18N2O6. The van der Waals surface area contributed by atoms with Gasteiger partial charge in [0.05, 0.1) is 19.2 Å². The summed E-state index contributed by atoms with van der Waals surface area (Å²) in [7, 11) is 1.19. The number of aliphatic hydroxyl groups is 1. The number of allylic oxidation sites excluding steroid dienone is 1. The molecule has 2 amide bonds. The van der Waals surface area contributed by atoms with Crippen molar-refractivity contribution in [1.82, 2.24) is 9.80 Å². The third-order valence-electron chi connectivity index (χ3n) is 5.15. The van der Waals surface area contributed by atoms with Crippen LogP contribution in [-0.2, 0) is 19.1 Å². The molecule has 0 bridgehead atoms. The lowest BCUT2D eigenvalue weighted by Crippen LogP contribution is -2.72. The van der Waals surface area contributed by atoms with E-state index in [2.05, 4.69) is 4.74 Å². The Morgan fingerprint density at radius 3 is 2.69 bits per heavy atom. The number of carbonyl (C=O) groups is 3. The Hall–Kier alpha value is -3.03. The van der Waals surface area contributed by atoms with Crippen LogP contribution >= 0.6 is 0 Å². The summed E-state index contributed by atoms with van der Waals surface area (Å²) in [5, 5.41) is 10.0. The van der Waals surface area contributed by atoms with Crippen LogP contribution in [0.3, 0.4) is 0 Å². The number of nitrogens with zero attached hydrogens (tertiary/aromatic N) is 2. The van der Waals surface area contributed by atoms with E-state index in [-0.39, 0.29) is 36.6 Å². The van der Waals surface area contributed by atoms with Crippen LogP contribution in [0.1, 0.15) is 24.4 Å². The summed E-state index contributed by atoms with van der Waals surface area (Å²) >= 11 is 0. The number of rotatable bonds is 3. The molecule has 1 aromatic rings. The van der Waals surface area contributed by atoms with E-state index in [9.17, 15) is 19.5 Å². The molecule has 1 aromatic carbocycles. The van der Waals surface area contributed by atoms with Gasteiger partial charge >= 0.3 is 12.1 Å². The average Bonchev–Trinajstić information content (AvgIpc) is 3.03. The molecule has 3 aliphatic rings. The standard InChI is InChI=1S/C18H18N2O6/c1-25-17(23)15-13(21)8-7-11-14(16(22)19(11)15)20-12(9-26-18(20)24)10-5-3-2-4-6-10/h2-6,11-12,14,21H,7-9H2,1H3/t11-,12-,14+/m1/s1. The molecule has 136 valence electrons. The summed E-state index contributed by atoms with van der Waals surface area (Å²) in [5.74, 6) is -1.34. The highest BCUT2D eigenvalue weighted by molar-refractivity contribution is 6.01. The molecule has 0 radical (unpaired) electrons. The van der Waals surface area contributed by atoms with Gasteiger partial charge in [-0.05, 0) is 12.0 Å². The third kappa shape index (κ3) is 2.25. The minimum Gasteiger partial charge on any atom is -0.510 e. The first-order chi connectivity index (χ1) is 12.5. The Balaban J connectivity index is 1.64. The van der Waals surface area contributed by atoms with Crippen LogP contribution < -0.4 is 0 Å². The van der Waals surface area contributed by atoms with Gasteiger partial charge in [-0.3, -0.25) is 14.6 Å². The van der Waals surface area contributed by atoms with Crippen molar-refractivity contribution < 1.29 is 29.0 Å². The first kappa shape index (κ1) is 16.4. The third-order valence-corrected chi connectivity index (χ3v) is 5.15. The van der Waals surface area contributed by atoms with Gasteiger partial charge in [-0.25, -0.2) is 9.59 Å². The Bertz CT molecular complexity index is 805. The van der Waals surface area contributed by atoms with E-state index >= 15 is 0 Å². The van der Waals surface area contributed by atoms with Gasteiger partial charge in [0, 0.05) is 6.42 Å². The number of aliphatic hydroxyl groups excluding tert-OH is 1. The smallest absolute Gasteiger partial charge is 0.411 e. The van der Waals surface area contributed by atoms with E-state index in [1.165, 1.54) is 16.9 Å². The molecule has 0 aromatic heterocycles. The molecule has 3 heterocycles. The number of carbonyl (C=O) groups excluding carboxylic acids is 3. The largest absolute Gasteiger partial charge is 0.510 e. The van der Waals surface area contributed by atoms with E-state index in [4.69, 9.17) is 4.74 Å². The topological polar surface area (TPSA) is 96.4 Å². The monoisotopic (exact) mass is 358 g/mol. The molecule has 2 fully saturated rings. The molecule has 8 nitrogen and oxygen atoms in total. The Morgan fingerprint density at radius 1 is 1.27 bits per heavy atom. The van der Waals surface area contributed by atoms with Crippen LogP contribution in [0, 0.1) is 0 Å². The maximum atomic E-state index is 12.8. The highest BCUT2D eigenvalue weighted by Gasteiger charge is 2.59. The average molecular weight is 358 g/mol. The number of benzene rings is 1. The normalized spacial score (nSPS) is 27.8. The van der Waals surface area contributed by atoms with Crippen molar-refractivity contribution in [3.8, 4) is 0 Å². The van der Waals surface area contributed by atoms with E-state index in [0.717, 1.165) is 5.56 Å². The van der Waals surface area contributed by atoms with Crippen molar-refractivity contribution in [2.24, 2.45) is 0 Å². The second-order valence-electron chi connectivity index (χ2n) is 6.46. The van der Waals surface area contributed by atoms with Crippen LogP contribution in [0.4, 0.5) is 4.79 Å². The van der Waals surface area contributed by atoms with Crippen molar-refractivity contribution >= 4 is 18.0 Å². The van der Waals surface area contributed by atoms with Crippen LogP contribution in [0.5, 0.6) is 0 Å². The van der Waals surface area contributed by atoms with Crippen molar-refractivity contribution in [3.63, 3.8) is 0 Å². The molecule has 4 rings (SSSR count). The maximum absolute atomic E-state index is 12.8. The van der Waals surface area contributed by atoms with Crippen molar-refractivity contribution in [2.75, 3.05) is 13.7 Å². The Labute approximate surface area is 149 Å². The number of methoxy groups -OCH3 is 1. The highest BCUT2D eigenvalue weighted by Crippen LogP contribution is 2.42. The molecular weight excluding hydrogens is 340 g/mol. The number of hydrogen-bond acceptors (Lipinski definition) is 6. The molecule has 0 saturated carbocycles. The molecule has 8 heteroatoms. The molecule has 26 heavy (non-hydrogen) atoms. The van der Waals surface area contributed by atoms with Crippen molar-refractivity contribution in [2.45, 2.75) is 31.0 Å². The molecule has 3 aliphatic heterocycles. The van der Waals surface area contributed by atoms with Gasteiger partial charge in [-0.1, -0.05) is 30.3 Å². The van der Waals surface area contributed by atoms with Gasteiger partial charge in [0.2, 0.25) is 0 Å². The number of cyclic esters (lactones) is 1. The zero-order valence-corrected chi connectivity index (χ0v) is 14.1. The zero-order chi connectivity index (χ0) is 18.4. The lowest BCUT2D eigenvalue weighted by atomic mass is 9.84. The minimum atomic E-state index is -0.761. The number of β-lactam (4-membered cyclic amide) rings is 1. The van der Waals surface area contributed by atoms with Gasteiger partial charge in [-0.2, -0.15) is 0 Å². The summed E-state index contributed by atoms with van der Waals surface area (Å²) in [6.45, 7) is 0.171. The first-order valence-corrected chi connectivity index (χ1v) is 8.38. The van der Waals surface area contributed by atoms with E-state index in [1.54, 1.807) is 0 Å². The van der Waals surface area contributed by atoms with Gasteiger partial charge in [0.1, 0.15) is 18.4 Å². The second-order valence-corrected chi connectivity index (χ2v) is 6.46. The number of amides is 2. The number of hydrogen-bond donors (Lipinski definition) is 1. The zero-order valence-electron chi connectivity index (χ0n) is 14.1. The fraction of sp³-hybridized carbons (Fsp3) is 0.389. The van der Waals surface area contributed by atoms with Crippen molar-refractivity contribution in [3.05, 3.63) is 47.4 Å². The molecule has 0 spiro atoms. The number of ether oxygens (including phenoxy) is 2. The quantitative estimate of drug-likeness (QED) is 0.650. The van der Waals surface area contributed by atoms with Crippen LogP contribution in [0.15, 0.2) is 41.8 Å². The first-order valence-electron chi connectivity index (χ1n) is 8.38. The summed E-state index contributed by atoms with van der Waals surface area (Å²) in [4.78, 5) is 39.8. The van der Waals surface area contributed by atoms with E-state index in [1.807, 2.05) is 30.3 Å². The van der Waals surface area contributed by atoms with E-state index in [0.29, 0.717) is 6.42 Å². The predicted molar refractivity (Wildman–Crippen MR) is 87.7 cm³/mol. The molecule has 3 atom stereocenters. The Kier molecular flexibility index (Phi) is 3.82. The predicted octanol–water partition coefficient (Wildman–Crippen LogP) is 1.50. The van der Waals surface area contributed by atoms with Gasteiger partial charge in [-0.15, -0.1) is 0 Å². The molecule has 1 N–H and O–H groups in total. The summed E-state index contributed by atoms with van der Waals surface area (Å²) in [6.07, 6.45) is 0.151. The SMILES string of the molecule is COC(=O)C1=C(O)CC[C@@H]2[C@H](N3C(=O)OC[C@@H]3c3ccccc3)C(=O)N12. The summed E-state index contributed by atoms with van der Waals surface area (Å²) in [6, 6.07) is 7.90. The van der Waals surface area contributed by atoms with Gasteiger partial charge < -0.3 is 14.6 Å². The van der Waals surface area contributed by atoms with E-state index < -0.39 is 24.0 Å². The Morgan fingerprint density at radius 2 is 2.00 bits per heavy atom. The maximum Gasteiger partial charge on any atom is 0.411 e. The van der Waals surface area contributed by atoms with Gasteiger partial charge in [0.25, 0.3) is 5.91 Å². The molecule has 0 unspecified atom stereocenters. The fourth-order valence-electron chi connectivity index (χ4n) is 3.92. The van der Waals surface area contributed by atoms with Gasteiger partial charge in [0.15, 0.2) is 5.70 Å². The van der Waals surface area contributed by atoms with Crippen LogP contribution in [-0.4, -0.2) is 58.7 Å². The van der Waals surface area contributed by atoms with Crippen LogP contribution in [0.2, 0.25) is 0 Å². The lowest BCUT2D eigenvalue weighted by molar-refractivity contribution is -0.161. The molecule has 0 aliphatic carbocycles. The minimum absolute atomic E-state index is 0.131. The fourth-order valence-corrected chi connectivity index (χ4v) is 3.92. The summed E-state index contributed by atoms with van der Waals surface area (Å²) < 4.78 is 9.87. The molecule has 2 saturated heterocycles. The lowest BCUT2D eigenvalue weighted by Gasteiger charge is -2.52. The van der Waals surface area contributed by atoms with Crippen LogP contribution in [0.25, 0.3) is 0 Å². The summed E-state index contributed by atoms with van der Waals surface area (Å²) in [5.41, 5.74) is 0.751. The van der Waals surface area contributed by atoms with Crippen molar-refractivity contribution in [1.29, 1.82) is 0 Å². The number of esters is 1. The highest BCUT2D eigenvalue weighted by atomic mass is 16.6.